The number of likely N-dealkylation sites (tertiary alicyclic amines) is 1. The summed E-state index contributed by atoms with van der Waals surface area (Å²) < 4.78 is 45.7. The maximum atomic E-state index is 15.0. The number of carboxylic acids is 1. The van der Waals surface area contributed by atoms with Crippen LogP contribution in [0.3, 0.4) is 0 Å². The van der Waals surface area contributed by atoms with Crippen LogP contribution in [-0.4, -0.2) is 60.4 Å². The fourth-order valence-corrected chi connectivity index (χ4v) is 6.70. The van der Waals surface area contributed by atoms with E-state index in [1.165, 1.54) is 18.2 Å². The van der Waals surface area contributed by atoms with E-state index in [0.29, 0.717) is 53.1 Å². The van der Waals surface area contributed by atoms with E-state index in [1.807, 2.05) is 37.1 Å². The van der Waals surface area contributed by atoms with Crippen LogP contribution in [0.25, 0.3) is 0 Å². The summed E-state index contributed by atoms with van der Waals surface area (Å²) in [5.41, 5.74) is 3.09. The Morgan fingerprint density at radius 1 is 1.04 bits per heavy atom. The first-order valence-corrected chi connectivity index (χ1v) is 16.5. The molecule has 11 heteroatoms. The van der Waals surface area contributed by atoms with Crippen LogP contribution in [0.1, 0.15) is 54.5 Å². The molecule has 1 fully saturated rings. The maximum Gasteiger partial charge on any atom is 0.309 e. The molecule has 0 aromatic heterocycles. The second-order valence-corrected chi connectivity index (χ2v) is 12.2. The Kier molecular flexibility index (Phi) is 10.5. The molecule has 2 heterocycles. The van der Waals surface area contributed by atoms with E-state index < -0.39 is 29.7 Å². The summed E-state index contributed by atoms with van der Waals surface area (Å²) in [6, 6.07) is 12.3. The van der Waals surface area contributed by atoms with Gasteiger partial charge in [-0.1, -0.05) is 26.0 Å². The quantitative estimate of drug-likeness (QED) is 0.207. The van der Waals surface area contributed by atoms with Crippen molar-refractivity contribution in [2.45, 2.75) is 45.1 Å². The van der Waals surface area contributed by atoms with Crippen LogP contribution in [0.5, 0.6) is 17.2 Å². The molecule has 3 atom stereocenters. The lowest BCUT2D eigenvalue weighted by molar-refractivity contribution is -0.143. The van der Waals surface area contributed by atoms with E-state index >= 15 is 0 Å². The molecule has 240 valence electrons. The highest BCUT2D eigenvalue weighted by atomic mass is 32.2. The van der Waals surface area contributed by atoms with Crippen LogP contribution < -0.4 is 19.5 Å². The molecular formula is C34H38F2N2O6S. The lowest BCUT2D eigenvalue weighted by atomic mass is 9.82. The van der Waals surface area contributed by atoms with Crippen LogP contribution in [0.15, 0.2) is 48.5 Å². The number of benzene rings is 3. The Balaban J connectivity index is 1.47. The van der Waals surface area contributed by atoms with Gasteiger partial charge in [0.2, 0.25) is 18.4 Å². The Hall–Kier alpha value is -3.83. The molecule has 5 rings (SSSR count). The molecule has 0 saturated carbocycles. The van der Waals surface area contributed by atoms with Gasteiger partial charge in [0.15, 0.2) is 11.6 Å². The lowest BCUT2D eigenvalue weighted by Gasteiger charge is -2.27. The number of aliphatic carboxylic acids is 1. The molecule has 0 aliphatic carbocycles. The highest BCUT2D eigenvalue weighted by Crippen LogP contribution is 2.48. The highest BCUT2D eigenvalue weighted by Gasteiger charge is 2.48. The van der Waals surface area contributed by atoms with Crippen molar-refractivity contribution < 1.29 is 37.7 Å². The molecule has 3 aromatic carbocycles. The van der Waals surface area contributed by atoms with E-state index in [9.17, 15) is 23.5 Å². The molecule has 1 saturated heterocycles. The Labute approximate surface area is 266 Å². The first-order valence-electron chi connectivity index (χ1n) is 15.1. The summed E-state index contributed by atoms with van der Waals surface area (Å²) in [6.07, 6.45) is 3.99. The molecule has 3 aromatic rings. The summed E-state index contributed by atoms with van der Waals surface area (Å²) in [5.74, 6) is -2.20. The van der Waals surface area contributed by atoms with Crippen molar-refractivity contribution in [3.63, 3.8) is 0 Å². The van der Waals surface area contributed by atoms with Crippen molar-refractivity contribution >= 4 is 29.3 Å². The summed E-state index contributed by atoms with van der Waals surface area (Å²) in [7, 11) is 0. The molecule has 1 amide bonds. The summed E-state index contributed by atoms with van der Waals surface area (Å²) in [4.78, 5) is 28.4. The zero-order chi connectivity index (χ0) is 32.1. The lowest BCUT2D eigenvalue weighted by Crippen LogP contribution is -2.35. The fourth-order valence-electron chi connectivity index (χ4n) is 6.29. The minimum atomic E-state index is -1.07. The van der Waals surface area contributed by atoms with Gasteiger partial charge in [0.1, 0.15) is 11.6 Å². The van der Waals surface area contributed by atoms with Crippen molar-refractivity contribution in [1.82, 2.24) is 4.90 Å². The van der Waals surface area contributed by atoms with E-state index in [2.05, 4.69) is 5.32 Å². The van der Waals surface area contributed by atoms with Gasteiger partial charge < -0.3 is 24.6 Å². The number of carbonyl (C=O) groups is 2. The number of halogens is 2. The predicted octanol–water partition coefficient (Wildman–Crippen LogP) is 6.43. The number of nitrogens with zero attached hydrogens (tertiary/aromatic N) is 1. The van der Waals surface area contributed by atoms with E-state index in [-0.39, 0.29) is 43.1 Å². The summed E-state index contributed by atoms with van der Waals surface area (Å²) >= 11 is 1.75. The molecule has 0 radical (unpaired) electrons. The molecule has 2 aliphatic heterocycles. The number of anilines is 1. The van der Waals surface area contributed by atoms with Gasteiger partial charge in [0.25, 0.3) is 0 Å². The fraction of sp³-hybridized carbons (Fsp3) is 0.412. The first-order chi connectivity index (χ1) is 21.7. The molecular weight excluding hydrogens is 602 g/mol. The van der Waals surface area contributed by atoms with E-state index in [4.69, 9.17) is 14.2 Å². The number of hydrogen-bond donors (Lipinski definition) is 2. The molecule has 45 heavy (non-hydrogen) atoms. The van der Waals surface area contributed by atoms with Crippen molar-refractivity contribution in [3.8, 4) is 17.2 Å². The zero-order valence-electron chi connectivity index (χ0n) is 25.6. The third-order valence-electron chi connectivity index (χ3n) is 8.38. The van der Waals surface area contributed by atoms with Gasteiger partial charge in [0.05, 0.1) is 19.1 Å². The normalized spacial score (nSPS) is 19.1. The third-order valence-corrected chi connectivity index (χ3v) is 9.08. The Morgan fingerprint density at radius 2 is 1.76 bits per heavy atom. The molecule has 0 bridgehead atoms. The smallest absolute Gasteiger partial charge is 0.309 e. The molecule has 2 aliphatic rings. The summed E-state index contributed by atoms with van der Waals surface area (Å²) in [6.45, 7) is 4.27. The number of ether oxygens (including phenoxy) is 3. The van der Waals surface area contributed by atoms with E-state index in [0.717, 1.165) is 12.2 Å². The Bertz CT molecular complexity index is 1510. The highest BCUT2D eigenvalue weighted by molar-refractivity contribution is 7.98. The number of fused-ring (bicyclic) bond motifs is 1. The monoisotopic (exact) mass is 640 g/mol. The van der Waals surface area contributed by atoms with Gasteiger partial charge in [-0.2, -0.15) is 11.8 Å². The SMILES string of the molecule is CCc1cc(F)cc(CC)c1NC(=O)CN1C[C@H](c2cc(F)c3c(c2)OCO3)C(C(=O)O)[C@@H]1c1ccc(OCCCSC)cc1. The number of carbonyl (C=O) groups excluding carboxylic acids is 1. The number of thioether (sulfide) groups is 1. The van der Waals surface area contributed by atoms with Gasteiger partial charge in [-0.15, -0.1) is 0 Å². The number of hydrogen-bond acceptors (Lipinski definition) is 7. The first kappa shape index (κ1) is 32.6. The average Bonchev–Trinajstić information content (AvgIpc) is 3.66. The average molecular weight is 641 g/mol. The third kappa shape index (κ3) is 7.20. The standard InChI is InChI=1S/C34H38F2N2O6S/c1-4-20-13-24(35)14-21(5-2)31(20)37-29(39)18-38-17-26(23-15-27(36)33-28(16-23)43-19-44-33)30(34(40)41)32(38)22-7-9-25(10-8-22)42-11-6-12-45-3/h7-10,13-16,26,30,32H,4-6,11-12,17-19H2,1-3H3,(H,37,39)(H,40,41)/t26-,30?,32+/m1/s1. The van der Waals surface area contributed by atoms with Gasteiger partial charge in [-0.3, -0.25) is 14.5 Å². The van der Waals surface area contributed by atoms with Crippen LogP contribution in [0.4, 0.5) is 14.5 Å². The van der Waals surface area contributed by atoms with Crippen molar-refractivity contribution in [1.29, 1.82) is 0 Å². The number of aryl methyl sites for hydroxylation is 2. The van der Waals surface area contributed by atoms with Crippen LogP contribution in [0, 0.1) is 17.6 Å². The van der Waals surface area contributed by atoms with Crippen LogP contribution in [0.2, 0.25) is 0 Å². The van der Waals surface area contributed by atoms with Gasteiger partial charge in [-0.25, -0.2) is 8.78 Å². The number of amides is 1. The molecule has 8 nitrogen and oxygen atoms in total. The van der Waals surface area contributed by atoms with Gasteiger partial charge in [0, 0.05) is 24.2 Å². The minimum Gasteiger partial charge on any atom is -0.494 e. The maximum absolute atomic E-state index is 15.0. The molecule has 2 N–H and O–H groups in total. The second kappa shape index (κ2) is 14.5. The summed E-state index contributed by atoms with van der Waals surface area (Å²) in [5, 5.41) is 13.5. The van der Waals surface area contributed by atoms with E-state index in [1.54, 1.807) is 30.0 Å². The topological polar surface area (TPSA) is 97.3 Å². The molecule has 0 spiro atoms. The number of rotatable bonds is 13. The van der Waals surface area contributed by atoms with Gasteiger partial charge in [-0.05, 0) is 89.9 Å². The van der Waals surface area contributed by atoms with Crippen LogP contribution in [-0.2, 0) is 22.4 Å². The largest absolute Gasteiger partial charge is 0.494 e. The predicted molar refractivity (Wildman–Crippen MR) is 169 cm³/mol. The minimum absolute atomic E-state index is 0.00211. The van der Waals surface area contributed by atoms with Crippen molar-refractivity contribution in [3.05, 3.63) is 82.4 Å². The zero-order valence-corrected chi connectivity index (χ0v) is 26.4. The Morgan fingerprint density at radius 3 is 2.40 bits per heavy atom. The molecule has 1 unspecified atom stereocenters. The van der Waals surface area contributed by atoms with Crippen molar-refractivity contribution in [2.24, 2.45) is 5.92 Å². The van der Waals surface area contributed by atoms with Crippen molar-refractivity contribution in [2.75, 3.05) is 43.8 Å². The number of nitrogens with one attached hydrogen (secondary N) is 1. The second-order valence-electron chi connectivity index (χ2n) is 11.2. The van der Waals surface area contributed by atoms with Gasteiger partial charge >= 0.3 is 5.97 Å². The number of carboxylic acid groups (broad SMARTS) is 1. The van der Waals surface area contributed by atoms with Crippen LogP contribution >= 0.6 is 11.8 Å².